The van der Waals surface area contributed by atoms with E-state index in [4.69, 9.17) is 0 Å². The fraction of sp³-hybridized carbons (Fsp3) is 0.667. The maximum Gasteiger partial charge on any atom is 0.233 e. The Balaban J connectivity index is 1.73. The predicted octanol–water partition coefficient (Wildman–Crippen LogP) is 4.28. The summed E-state index contributed by atoms with van der Waals surface area (Å²) in [6.07, 6.45) is 4.51. The van der Waals surface area contributed by atoms with Crippen LogP contribution in [-0.2, 0) is 10.2 Å². The van der Waals surface area contributed by atoms with E-state index in [-0.39, 0.29) is 16.9 Å². The number of nitrogens with zero attached hydrogens (tertiary/aromatic N) is 1. The third-order valence-corrected chi connectivity index (χ3v) is 6.23. The number of benzene rings is 1. The molecule has 0 bridgehead atoms. The van der Waals surface area contributed by atoms with Crippen molar-refractivity contribution in [3.63, 3.8) is 0 Å². The number of rotatable bonds is 2. The van der Waals surface area contributed by atoms with Crippen LogP contribution in [0, 0.1) is 11.3 Å². The molecule has 1 aromatic rings. The summed E-state index contributed by atoms with van der Waals surface area (Å²) in [6, 6.07) is 8.49. The van der Waals surface area contributed by atoms with Crippen molar-refractivity contribution in [3.05, 3.63) is 29.8 Å². The summed E-state index contributed by atoms with van der Waals surface area (Å²) in [5.41, 5.74) is 2.29. The minimum Gasteiger partial charge on any atom is -0.393 e. The van der Waals surface area contributed by atoms with E-state index in [1.807, 2.05) is 11.8 Å². The summed E-state index contributed by atoms with van der Waals surface area (Å²) >= 11 is 0. The molecular weight excluding hydrogens is 298 g/mol. The van der Waals surface area contributed by atoms with Gasteiger partial charge in [0.05, 0.1) is 11.5 Å². The van der Waals surface area contributed by atoms with Crippen molar-refractivity contribution in [2.24, 2.45) is 11.3 Å². The lowest BCUT2D eigenvalue weighted by molar-refractivity contribution is -0.128. The van der Waals surface area contributed by atoms with Crippen LogP contribution in [0.2, 0.25) is 0 Å². The first kappa shape index (κ1) is 17.5. The van der Waals surface area contributed by atoms with Gasteiger partial charge in [0.2, 0.25) is 5.91 Å². The molecule has 1 aliphatic heterocycles. The SMILES string of the molecule is C[C@@H](O)C1CCC2(CC1)CCN(c1ccc(C(C)(C)C)cc1)C2=O. The Morgan fingerprint density at radius 1 is 1.12 bits per heavy atom. The van der Waals surface area contributed by atoms with Gasteiger partial charge >= 0.3 is 0 Å². The molecule has 3 heteroatoms. The highest BCUT2D eigenvalue weighted by molar-refractivity contribution is 6.00. The molecule has 1 atom stereocenters. The van der Waals surface area contributed by atoms with Crippen LogP contribution in [-0.4, -0.2) is 23.7 Å². The van der Waals surface area contributed by atoms with Crippen LogP contribution in [0.25, 0.3) is 0 Å². The molecule has 1 amide bonds. The first-order valence-corrected chi connectivity index (χ1v) is 9.33. The topological polar surface area (TPSA) is 40.5 Å². The summed E-state index contributed by atoms with van der Waals surface area (Å²) in [5, 5.41) is 9.80. The van der Waals surface area contributed by atoms with Crippen molar-refractivity contribution in [2.75, 3.05) is 11.4 Å². The van der Waals surface area contributed by atoms with Gasteiger partial charge in [0.25, 0.3) is 0 Å². The predicted molar refractivity (Wildman–Crippen MR) is 98.2 cm³/mol. The minimum atomic E-state index is -0.250. The largest absolute Gasteiger partial charge is 0.393 e. The number of aliphatic hydroxyl groups is 1. The highest BCUT2D eigenvalue weighted by Gasteiger charge is 2.49. The molecule has 1 aliphatic carbocycles. The highest BCUT2D eigenvalue weighted by atomic mass is 16.3. The fourth-order valence-corrected chi connectivity index (χ4v) is 4.35. The molecule has 0 aromatic heterocycles. The average Bonchev–Trinajstić information content (AvgIpc) is 2.84. The van der Waals surface area contributed by atoms with Crippen molar-refractivity contribution in [1.82, 2.24) is 0 Å². The standard InChI is InChI=1S/C21H31NO2/c1-15(23)16-9-11-21(12-10-16)13-14-22(19(21)24)18-7-5-17(6-8-18)20(2,3)4/h5-8,15-16,23H,9-14H2,1-4H3/t15-,16?,21?/m1/s1. The molecular formula is C21H31NO2. The van der Waals surface area contributed by atoms with E-state index in [2.05, 4.69) is 45.0 Å². The smallest absolute Gasteiger partial charge is 0.233 e. The monoisotopic (exact) mass is 329 g/mol. The van der Waals surface area contributed by atoms with Crippen LogP contribution < -0.4 is 4.90 Å². The van der Waals surface area contributed by atoms with Gasteiger partial charge in [-0.2, -0.15) is 0 Å². The van der Waals surface area contributed by atoms with Gasteiger partial charge in [0.15, 0.2) is 0 Å². The minimum absolute atomic E-state index is 0.133. The number of hydrogen-bond acceptors (Lipinski definition) is 2. The van der Waals surface area contributed by atoms with Gasteiger partial charge < -0.3 is 10.0 Å². The van der Waals surface area contributed by atoms with Crippen molar-refractivity contribution < 1.29 is 9.90 Å². The second kappa shape index (κ2) is 6.18. The second-order valence-corrected chi connectivity index (χ2v) is 8.86. The zero-order chi connectivity index (χ0) is 17.5. The van der Waals surface area contributed by atoms with Crippen molar-refractivity contribution in [1.29, 1.82) is 0 Å². The Bertz CT molecular complexity index is 589. The zero-order valence-corrected chi connectivity index (χ0v) is 15.5. The van der Waals surface area contributed by atoms with Gasteiger partial charge in [-0.3, -0.25) is 4.79 Å². The van der Waals surface area contributed by atoms with Crippen LogP contribution in [0.3, 0.4) is 0 Å². The number of amides is 1. The lowest BCUT2D eigenvalue weighted by Crippen LogP contribution is -2.39. The van der Waals surface area contributed by atoms with Gasteiger partial charge in [0.1, 0.15) is 0 Å². The van der Waals surface area contributed by atoms with E-state index in [0.717, 1.165) is 44.3 Å². The van der Waals surface area contributed by atoms with E-state index >= 15 is 0 Å². The first-order valence-electron chi connectivity index (χ1n) is 9.33. The van der Waals surface area contributed by atoms with E-state index in [1.165, 1.54) is 5.56 Å². The third kappa shape index (κ3) is 3.11. The lowest BCUT2D eigenvalue weighted by atomic mass is 9.68. The molecule has 1 spiro atoms. The molecule has 1 aromatic carbocycles. The zero-order valence-electron chi connectivity index (χ0n) is 15.5. The molecule has 24 heavy (non-hydrogen) atoms. The summed E-state index contributed by atoms with van der Waals surface area (Å²) < 4.78 is 0. The summed E-state index contributed by atoms with van der Waals surface area (Å²) in [5.74, 6) is 0.665. The molecule has 1 saturated heterocycles. The molecule has 1 saturated carbocycles. The molecule has 1 N–H and O–H groups in total. The Morgan fingerprint density at radius 3 is 2.21 bits per heavy atom. The highest BCUT2D eigenvalue weighted by Crippen LogP contribution is 2.48. The number of carbonyl (C=O) groups is 1. The van der Waals surface area contributed by atoms with Crippen LogP contribution >= 0.6 is 0 Å². The summed E-state index contributed by atoms with van der Waals surface area (Å²) in [6.45, 7) is 9.32. The molecule has 2 aliphatic rings. The molecule has 0 unspecified atom stereocenters. The Hall–Kier alpha value is -1.35. The molecule has 1 heterocycles. The lowest BCUT2D eigenvalue weighted by Gasteiger charge is -2.36. The van der Waals surface area contributed by atoms with Gasteiger partial charge in [0, 0.05) is 12.2 Å². The maximum atomic E-state index is 13.1. The van der Waals surface area contributed by atoms with Gasteiger partial charge in [-0.05, 0) is 68.1 Å². The first-order chi connectivity index (χ1) is 11.2. The van der Waals surface area contributed by atoms with E-state index < -0.39 is 0 Å². The number of hydrogen-bond donors (Lipinski definition) is 1. The van der Waals surface area contributed by atoms with E-state index in [9.17, 15) is 9.90 Å². The van der Waals surface area contributed by atoms with E-state index in [1.54, 1.807) is 0 Å². The maximum absolute atomic E-state index is 13.1. The Morgan fingerprint density at radius 2 is 1.71 bits per heavy atom. The van der Waals surface area contributed by atoms with Crippen molar-refractivity contribution in [2.45, 2.75) is 71.3 Å². The molecule has 132 valence electrons. The fourth-order valence-electron chi connectivity index (χ4n) is 4.35. The molecule has 3 nitrogen and oxygen atoms in total. The normalized spacial score (nSPS) is 29.3. The quantitative estimate of drug-likeness (QED) is 0.880. The number of aliphatic hydroxyl groups excluding tert-OH is 1. The summed E-state index contributed by atoms with van der Waals surface area (Å²) in [4.78, 5) is 15.1. The van der Waals surface area contributed by atoms with Crippen LogP contribution in [0.15, 0.2) is 24.3 Å². The Kier molecular flexibility index (Phi) is 4.50. The van der Waals surface area contributed by atoms with Crippen LogP contribution in [0.4, 0.5) is 5.69 Å². The molecule has 3 rings (SSSR count). The number of anilines is 1. The van der Waals surface area contributed by atoms with E-state index in [0.29, 0.717) is 11.8 Å². The third-order valence-electron chi connectivity index (χ3n) is 6.23. The Labute approximate surface area is 146 Å². The van der Waals surface area contributed by atoms with Gasteiger partial charge in [-0.15, -0.1) is 0 Å². The van der Waals surface area contributed by atoms with Crippen LogP contribution in [0.1, 0.15) is 65.4 Å². The van der Waals surface area contributed by atoms with Gasteiger partial charge in [-0.1, -0.05) is 32.9 Å². The molecule has 2 fully saturated rings. The average molecular weight is 329 g/mol. The second-order valence-electron chi connectivity index (χ2n) is 8.86. The van der Waals surface area contributed by atoms with Crippen molar-refractivity contribution >= 4 is 11.6 Å². The summed E-state index contributed by atoms with van der Waals surface area (Å²) in [7, 11) is 0. The van der Waals surface area contributed by atoms with Crippen LogP contribution in [0.5, 0.6) is 0 Å². The van der Waals surface area contributed by atoms with Gasteiger partial charge in [-0.25, -0.2) is 0 Å². The molecule has 0 radical (unpaired) electrons. The number of carbonyl (C=O) groups excluding carboxylic acids is 1. The van der Waals surface area contributed by atoms with Crippen molar-refractivity contribution in [3.8, 4) is 0 Å².